The van der Waals surface area contributed by atoms with E-state index in [4.69, 9.17) is 18.0 Å². The van der Waals surface area contributed by atoms with Gasteiger partial charge in [-0.15, -0.1) is 6.42 Å². The third-order valence-electron chi connectivity index (χ3n) is 2.55. The first kappa shape index (κ1) is 11.2. The maximum atomic E-state index is 13.6. The van der Waals surface area contributed by atoms with Crippen molar-refractivity contribution in [1.29, 1.82) is 0 Å². The number of aromatic nitrogens is 1. The van der Waals surface area contributed by atoms with E-state index < -0.39 is 5.82 Å². The minimum Gasteiger partial charge on any atom is -0.343 e. The molecule has 0 amide bonds. The summed E-state index contributed by atoms with van der Waals surface area (Å²) in [5, 5.41) is 0.299. The number of halogens is 2. The SMILES string of the molecule is C#CCN(CC1CC1)c1ncc(Cl)cc1F. The molecule has 0 unspecified atom stereocenters. The highest BCUT2D eigenvalue weighted by molar-refractivity contribution is 6.30. The van der Waals surface area contributed by atoms with Crippen LogP contribution in [0, 0.1) is 24.1 Å². The van der Waals surface area contributed by atoms with Crippen LogP contribution in [0.25, 0.3) is 0 Å². The van der Waals surface area contributed by atoms with Crippen molar-refractivity contribution in [1.82, 2.24) is 4.98 Å². The first-order chi connectivity index (χ1) is 7.70. The molecule has 0 aliphatic heterocycles. The van der Waals surface area contributed by atoms with E-state index in [0.29, 0.717) is 23.3 Å². The van der Waals surface area contributed by atoms with E-state index in [-0.39, 0.29) is 0 Å². The van der Waals surface area contributed by atoms with Crippen molar-refractivity contribution in [3.05, 3.63) is 23.1 Å². The molecule has 1 aromatic heterocycles. The summed E-state index contributed by atoms with van der Waals surface area (Å²) in [5.74, 6) is 3.04. The van der Waals surface area contributed by atoms with Crippen LogP contribution in [-0.2, 0) is 0 Å². The van der Waals surface area contributed by atoms with Gasteiger partial charge in [-0.25, -0.2) is 9.37 Å². The Labute approximate surface area is 99.4 Å². The van der Waals surface area contributed by atoms with E-state index >= 15 is 0 Å². The van der Waals surface area contributed by atoms with Crippen LogP contribution in [0.5, 0.6) is 0 Å². The smallest absolute Gasteiger partial charge is 0.167 e. The number of pyridine rings is 1. The highest BCUT2D eigenvalue weighted by Crippen LogP contribution is 2.31. The molecule has 1 fully saturated rings. The molecular weight excluding hydrogens is 227 g/mol. The molecule has 16 heavy (non-hydrogen) atoms. The van der Waals surface area contributed by atoms with Gasteiger partial charge in [0.05, 0.1) is 11.6 Å². The summed E-state index contributed by atoms with van der Waals surface area (Å²) in [6.45, 7) is 1.15. The third-order valence-corrected chi connectivity index (χ3v) is 2.75. The van der Waals surface area contributed by atoms with Crippen LogP contribution in [0.4, 0.5) is 10.2 Å². The zero-order chi connectivity index (χ0) is 11.5. The number of hydrogen-bond acceptors (Lipinski definition) is 2. The van der Waals surface area contributed by atoms with Gasteiger partial charge >= 0.3 is 0 Å². The molecule has 1 aliphatic carbocycles. The predicted molar refractivity (Wildman–Crippen MR) is 63.0 cm³/mol. The molecule has 0 bridgehead atoms. The van der Waals surface area contributed by atoms with Gasteiger partial charge in [-0.3, -0.25) is 0 Å². The average Bonchev–Trinajstić information content (AvgIpc) is 3.01. The largest absolute Gasteiger partial charge is 0.343 e. The van der Waals surface area contributed by atoms with E-state index in [1.54, 1.807) is 4.90 Å². The fourth-order valence-corrected chi connectivity index (χ4v) is 1.73. The van der Waals surface area contributed by atoms with Crippen molar-refractivity contribution in [3.63, 3.8) is 0 Å². The van der Waals surface area contributed by atoms with Gasteiger partial charge in [-0.05, 0) is 24.8 Å². The fourth-order valence-electron chi connectivity index (χ4n) is 1.59. The summed E-state index contributed by atoms with van der Waals surface area (Å²) >= 11 is 5.66. The topological polar surface area (TPSA) is 16.1 Å². The van der Waals surface area contributed by atoms with Gasteiger partial charge in [0.2, 0.25) is 0 Å². The minimum atomic E-state index is -0.414. The monoisotopic (exact) mass is 238 g/mol. The Bertz CT molecular complexity index is 424. The fraction of sp³-hybridized carbons (Fsp3) is 0.417. The lowest BCUT2D eigenvalue weighted by molar-refractivity contribution is 0.608. The molecule has 4 heteroatoms. The number of nitrogens with zero attached hydrogens (tertiary/aromatic N) is 2. The van der Waals surface area contributed by atoms with Crippen LogP contribution >= 0.6 is 11.6 Å². The van der Waals surface area contributed by atoms with Crippen molar-refractivity contribution in [3.8, 4) is 12.3 Å². The molecule has 1 aromatic rings. The van der Waals surface area contributed by atoms with E-state index in [0.717, 1.165) is 6.54 Å². The third kappa shape index (κ3) is 2.65. The van der Waals surface area contributed by atoms with Crippen molar-refractivity contribution in [2.24, 2.45) is 5.92 Å². The lowest BCUT2D eigenvalue weighted by Crippen LogP contribution is -2.27. The van der Waals surface area contributed by atoms with Gasteiger partial charge < -0.3 is 4.90 Å². The summed E-state index contributed by atoms with van der Waals surface area (Å²) in [4.78, 5) is 5.80. The maximum Gasteiger partial charge on any atom is 0.167 e. The molecule has 0 radical (unpaired) electrons. The van der Waals surface area contributed by atoms with Gasteiger partial charge in [0.15, 0.2) is 11.6 Å². The van der Waals surface area contributed by atoms with Gasteiger partial charge in [0.25, 0.3) is 0 Å². The van der Waals surface area contributed by atoms with E-state index in [1.165, 1.54) is 25.1 Å². The Morgan fingerprint density at radius 1 is 1.62 bits per heavy atom. The summed E-state index contributed by atoms with van der Waals surface area (Å²) in [5.41, 5.74) is 0. The van der Waals surface area contributed by atoms with Crippen molar-refractivity contribution < 1.29 is 4.39 Å². The van der Waals surface area contributed by atoms with E-state index in [2.05, 4.69) is 10.9 Å². The molecule has 0 spiro atoms. The van der Waals surface area contributed by atoms with E-state index in [9.17, 15) is 4.39 Å². The van der Waals surface area contributed by atoms with Gasteiger partial charge in [0.1, 0.15) is 0 Å². The van der Waals surface area contributed by atoms with Crippen LogP contribution in [-0.4, -0.2) is 18.1 Å². The van der Waals surface area contributed by atoms with Crippen LogP contribution in [0.15, 0.2) is 12.3 Å². The Kier molecular flexibility index (Phi) is 3.31. The second-order valence-corrected chi connectivity index (χ2v) is 4.42. The molecule has 2 nitrogen and oxygen atoms in total. The van der Waals surface area contributed by atoms with Gasteiger partial charge in [-0.1, -0.05) is 17.5 Å². The zero-order valence-electron chi connectivity index (χ0n) is 8.79. The first-order valence-electron chi connectivity index (χ1n) is 5.20. The molecule has 0 saturated heterocycles. The summed E-state index contributed by atoms with van der Waals surface area (Å²) in [6, 6.07) is 1.26. The highest BCUT2D eigenvalue weighted by atomic mass is 35.5. The molecule has 1 heterocycles. The van der Waals surface area contributed by atoms with Crippen LogP contribution in [0.1, 0.15) is 12.8 Å². The molecule has 0 atom stereocenters. The van der Waals surface area contributed by atoms with Crippen LogP contribution < -0.4 is 4.90 Å². The number of anilines is 1. The second-order valence-electron chi connectivity index (χ2n) is 3.99. The first-order valence-corrected chi connectivity index (χ1v) is 5.58. The normalized spacial score (nSPS) is 14.6. The molecule has 0 N–H and O–H groups in total. The molecule has 84 valence electrons. The number of hydrogen-bond donors (Lipinski definition) is 0. The Morgan fingerprint density at radius 3 is 2.94 bits per heavy atom. The minimum absolute atomic E-state index is 0.299. The highest BCUT2D eigenvalue weighted by Gasteiger charge is 2.25. The molecular formula is C12H12ClFN2. The Hall–Kier alpha value is -1.27. The predicted octanol–water partition coefficient (Wildman–Crippen LogP) is 2.72. The Morgan fingerprint density at radius 2 is 2.38 bits per heavy atom. The number of terminal acetylenes is 1. The molecule has 0 aromatic carbocycles. The summed E-state index contributed by atoms with van der Waals surface area (Å²) < 4.78 is 13.6. The molecule has 1 aliphatic rings. The molecule has 1 saturated carbocycles. The summed E-state index contributed by atoms with van der Waals surface area (Å²) in [6.07, 6.45) is 9.10. The van der Waals surface area contributed by atoms with Crippen LogP contribution in [0.3, 0.4) is 0 Å². The van der Waals surface area contributed by atoms with Gasteiger partial charge in [0, 0.05) is 12.7 Å². The zero-order valence-corrected chi connectivity index (χ0v) is 9.54. The van der Waals surface area contributed by atoms with Gasteiger partial charge in [-0.2, -0.15) is 0 Å². The standard InChI is InChI=1S/C12H12ClFN2/c1-2-5-16(8-9-3-4-9)12-11(14)6-10(13)7-15-12/h1,6-7,9H,3-5,8H2. The van der Waals surface area contributed by atoms with Crippen molar-refractivity contribution in [2.75, 3.05) is 18.0 Å². The van der Waals surface area contributed by atoms with Crippen LogP contribution in [0.2, 0.25) is 5.02 Å². The summed E-state index contributed by atoms with van der Waals surface area (Å²) in [7, 11) is 0. The second kappa shape index (κ2) is 4.71. The average molecular weight is 239 g/mol. The number of rotatable bonds is 4. The lowest BCUT2D eigenvalue weighted by Gasteiger charge is -2.21. The van der Waals surface area contributed by atoms with Crippen molar-refractivity contribution in [2.45, 2.75) is 12.8 Å². The van der Waals surface area contributed by atoms with Crippen molar-refractivity contribution >= 4 is 17.4 Å². The quantitative estimate of drug-likeness (QED) is 0.750. The molecule has 2 rings (SSSR count). The lowest BCUT2D eigenvalue weighted by atomic mass is 10.3. The Balaban J connectivity index is 2.19. The maximum absolute atomic E-state index is 13.6. The van der Waals surface area contributed by atoms with E-state index in [1.807, 2.05) is 0 Å².